The number of aliphatic hydroxyl groups excluding tert-OH is 1. The number of carbonyl (C=O) groups is 1. The first-order valence-corrected chi connectivity index (χ1v) is 11.6. The van der Waals surface area contributed by atoms with E-state index < -0.39 is 12.1 Å². The Balaban J connectivity index is 1.50. The smallest absolute Gasteiger partial charge is 0.303 e. The lowest BCUT2D eigenvalue weighted by Crippen LogP contribution is -2.46. The van der Waals surface area contributed by atoms with Crippen molar-refractivity contribution in [1.82, 2.24) is 5.32 Å². The fraction of sp³-hybridized carbons (Fsp3) is 0.462. The summed E-state index contributed by atoms with van der Waals surface area (Å²) in [4.78, 5) is 10.9. The van der Waals surface area contributed by atoms with Gasteiger partial charge >= 0.3 is 5.97 Å². The fourth-order valence-corrected chi connectivity index (χ4v) is 4.72. The quantitative estimate of drug-likeness (QED) is 0.456. The number of nitriles is 1. The van der Waals surface area contributed by atoms with Gasteiger partial charge < -0.3 is 20.3 Å². The van der Waals surface area contributed by atoms with Crippen molar-refractivity contribution in [3.8, 4) is 11.8 Å². The first kappa shape index (κ1) is 25.0. The summed E-state index contributed by atoms with van der Waals surface area (Å²) in [5.41, 5.74) is 3.58. The van der Waals surface area contributed by atoms with Crippen LogP contribution in [0, 0.1) is 17.2 Å². The summed E-state index contributed by atoms with van der Waals surface area (Å²) in [6, 6.07) is 13.7. The number of carboxylic acid groups (broad SMARTS) is 1. The molecule has 33 heavy (non-hydrogen) atoms. The van der Waals surface area contributed by atoms with E-state index in [1.54, 1.807) is 6.07 Å². The molecule has 3 rings (SSSR count). The monoisotopic (exact) mass is 470 g/mol. The Kier molecular flexibility index (Phi) is 8.36. The molecule has 1 atom stereocenters. The minimum Gasteiger partial charge on any atom is -0.489 e. The summed E-state index contributed by atoms with van der Waals surface area (Å²) in [7, 11) is 0. The number of aliphatic carboxylic acids is 1. The maximum atomic E-state index is 10.9. The van der Waals surface area contributed by atoms with Gasteiger partial charge in [0.1, 0.15) is 24.5 Å². The van der Waals surface area contributed by atoms with Gasteiger partial charge in [0, 0.05) is 23.5 Å². The number of aliphatic hydroxyl groups is 1. The number of carboxylic acids is 1. The van der Waals surface area contributed by atoms with Gasteiger partial charge in [-0.1, -0.05) is 35.9 Å². The molecule has 1 aliphatic rings. The lowest BCUT2D eigenvalue weighted by Gasteiger charge is -2.30. The van der Waals surface area contributed by atoms with E-state index in [1.807, 2.05) is 6.07 Å². The Morgan fingerprint density at radius 1 is 1.30 bits per heavy atom. The number of nitrogens with zero attached hydrogens (tertiary/aromatic N) is 1. The number of fused-ring (bicyclic) bond motifs is 1. The molecule has 6 nitrogen and oxygen atoms in total. The predicted molar refractivity (Wildman–Crippen MR) is 128 cm³/mol. The number of ether oxygens (including phenoxy) is 1. The van der Waals surface area contributed by atoms with Crippen LogP contribution in [-0.4, -0.2) is 41.0 Å². The van der Waals surface area contributed by atoms with Crippen molar-refractivity contribution in [2.24, 2.45) is 5.92 Å². The van der Waals surface area contributed by atoms with E-state index in [0.29, 0.717) is 28.8 Å². The summed E-state index contributed by atoms with van der Waals surface area (Å²) < 4.78 is 5.71. The Labute approximate surface area is 200 Å². The number of hydrogen-bond acceptors (Lipinski definition) is 5. The minimum atomic E-state index is -0.927. The number of benzene rings is 2. The standard InChI is InChI=1S/C26H31ClN2O4/c1-26(2,13-17-9-18-5-3-4-6-19(18)10-17)29-15-22(30)16-33-24-12-20(7-8-25(31)32)23(27)11-21(24)14-28/h3-6,11-12,17,22,29-30H,7-10,13,15-16H2,1-2H3,(H,31,32)/t22-/m0/s1. The third-order valence-corrected chi connectivity index (χ3v) is 6.41. The van der Waals surface area contributed by atoms with Gasteiger partial charge in [-0.15, -0.1) is 0 Å². The van der Waals surface area contributed by atoms with Crippen LogP contribution in [0.4, 0.5) is 0 Å². The number of halogens is 1. The zero-order chi connectivity index (χ0) is 24.0. The highest BCUT2D eigenvalue weighted by molar-refractivity contribution is 6.31. The lowest BCUT2D eigenvalue weighted by molar-refractivity contribution is -0.136. The Bertz CT molecular complexity index is 1010. The molecular weight excluding hydrogens is 440 g/mol. The maximum Gasteiger partial charge on any atom is 0.303 e. The molecule has 0 fully saturated rings. The molecule has 0 radical (unpaired) electrons. The Hall–Kier alpha value is -2.59. The van der Waals surface area contributed by atoms with E-state index in [9.17, 15) is 15.2 Å². The van der Waals surface area contributed by atoms with Gasteiger partial charge in [-0.05, 0) is 74.3 Å². The minimum absolute atomic E-state index is 0.00658. The van der Waals surface area contributed by atoms with Gasteiger partial charge in [0.2, 0.25) is 0 Å². The molecule has 0 amide bonds. The average molecular weight is 471 g/mol. The Morgan fingerprint density at radius 3 is 2.58 bits per heavy atom. The van der Waals surface area contributed by atoms with Crippen LogP contribution in [0.1, 0.15) is 48.9 Å². The van der Waals surface area contributed by atoms with E-state index in [2.05, 4.69) is 43.4 Å². The third-order valence-electron chi connectivity index (χ3n) is 6.06. The highest BCUT2D eigenvalue weighted by Gasteiger charge is 2.28. The first-order valence-electron chi connectivity index (χ1n) is 11.2. The molecule has 2 aromatic rings. The van der Waals surface area contributed by atoms with Crippen LogP contribution in [0.3, 0.4) is 0 Å². The third kappa shape index (κ3) is 7.20. The van der Waals surface area contributed by atoms with E-state index in [0.717, 1.165) is 19.3 Å². The molecule has 0 heterocycles. The first-order chi connectivity index (χ1) is 15.7. The summed E-state index contributed by atoms with van der Waals surface area (Å²) in [6.07, 6.45) is 2.57. The molecule has 0 saturated heterocycles. The molecular formula is C26H31ClN2O4. The van der Waals surface area contributed by atoms with Crippen LogP contribution in [-0.2, 0) is 24.1 Å². The molecule has 7 heteroatoms. The lowest BCUT2D eigenvalue weighted by atomic mass is 9.88. The van der Waals surface area contributed by atoms with Gasteiger partial charge in [0.25, 0.3) is 0 Å². The summed E-state index contributed by atoms with van der Waals surface area (Å²) in [5.74, 6) is -0.0532. The molecule has 0 aromatic heterocycles. The van der Waals surface area contributed by atoms with Crippen molar-refractivity contribution in [2.75, 3.05) is 13.2 Å². The van der Waals surface area contributed by atoms with Crippen molar-refractivity contribution >= 4 is 17.6 Å². The number of β-amino-alcohol motifs (C(OH)–C–C–N with tert-alkyl or cyclic N) is 1. The summed E-state index contributed by atoms with van der Waals surface area (Å²) in [5, 5.41) is 32.5. The molecule has 0 aliphatic heterocycles. The zero-order valence-electron chi connectivity index (χ0n) is 19.1. The normalized spacial score (nSPS) is 14.5. The molecule has 176 valence electrons. The van der Waals surface area contributed by atoms with Crippen LogP contribution in [0.25, 0.3) is 0 Å². The largest absolute Gasteiger partial charge is 0.489 e. The zero-order valence-corrected chi connectivity index (χ0v) is 19.9. The SMILES string of the molecule is CC(C)(CC1Cc2ccccc2C1)NC[C@H](O)COc1cc(CCC(=O)O)c(Cl)cc1C#N. The van der Waals surface area contributed by atoms with Crippen molar-refractivity contribution in [3.63, 3.8) is 0 Å². The Morgan fingerprint density at radius 2 is 1.97 bits per heavy atom. The second-order valence-corrected chi connectivity index (χ2v) is 9.83. The molecule has 0 spiro atoms. The van der Waals surface area contributed by atoms with Crippen molar-refractivity contribution < 1.29 is 19.7 Å². The summed E-state index contributed by atoms with van der Waals surface area (Å²) in [6.45, 7) is 4.65. The van der Waals surface area contributed by atoms with Crippen LogP contribution in [0.2, 0.25) is 5.02 Å². The maximum absolute atomic E-state index is 10.9. The van der Waals surface area contributed by atoms with Crippen molar-refractivity contribution in [2.45, 2.75) is 57.6 Å². The number of nitrogens with one attached hydrogen (secondary N) is 1. The van der Waals surface area contributed by atoms with E-state index in [1.165, 1.54) is 17.2 Å². The predicted octanol–water partition coefficient (Wildman–Crippen LogP) is 4.14. The van der Waals surface area contributed by atoms with Gasteiger partial charge in [0.15, 0.2) is 0 Å². The van der Waals surface area contributed by atoms with Crippen LogP contribution < -0.4 is 10.1 Å². The molecule has 0 unspecified atom stereocenters. The van der Waals surface area contributed by atoms with E-state index in [4.69, 9.17) is 21.4 Å². The number of aryl methyl sites for hydroxylation is 1. The number of hydrogen-bond donors (Lipinski definition) is 3. The van der Waals surface area contributed by atoms with E-state index >= 15 is 0 Å². The van der Waals surface area contributed by atoms with E-state index in [-0.39, 0.29) is 30.6 Å². The van der Waals surface area contributed by atoms with Crippen LogP contribution in [0.5, 0.6) is 5.75 Å². The summed E-state index contributed by atoms with van der Waals surface area (Å²) >= 11 is 6.17. The van der Waals surface area contributed by atoms with Crippen molar-refractivity contribution in [3.05, 3.63) is 63.7 Å². The van der Waals surface area contributed by atoms with Crippen molar-refractivity contribution in [1.29, 1.82) is 5.26 Å². The second kappa shape index (κ2) is 11.0. The number of rotatable bonds is 11. The molecule has 0 bridgehead atoms. The molecule has 3 N–H and O–H groups in total. The topological polar surface area (TPSA) is 103 Å². The van der Waals surface area contributed by atoms with Gasteiger partial charge in [-0.2, -0.15) is 5.26 Å². The van der Waals surface area contributed by atoms with Gasteiger partial charge in [-0.3, -0.25) is 4.79 Å². The van der Waals surface area contributed by atoms with Gasteiger partial charge in [-0.25, -0.2) is 0 Å². The van der Waals surface area contributed by atoms with Crippen LogP contribution in [0.15, 0.2) is 36.4 Å². The fourth-order valence-electron chi connectivity index (χ4n) is 4.46. The van der Waals surface area contributed by atoms with Gasteiger partial charge in [0.05, 0.1) is 5.56 Å². The molecule has 2 aromatic carbocycles. The van der Waals surface area contributed by atoms with Crippen LogP contribution >= 0.6 is 11.6 Å². The average Bonchev–Trinajstić information content (AvgIpc) is 3.17. The highest BCUT2D eigenvalue weighted by atomic mass is 35.5. The molecule has 1 aliphatic carbocycles. The second-order valence-electron chi connectivity index (χ2n) is 9.42. The molecule has 0 saturated carbocycles. The highest BCUT2D eigenvalue weighted by Crippen LogP contribution is 2.32.